The fraction of sp³-hybridized carbons (Fsp3) is 0.200. The first-order chi connectivity index (χ1) is 12.9. The first kappa shape index (κ1) is 18.5. The monoisotopic (exact) mass is 369 g/mol. The van der Waals surface area contributed by atoms with Crippen molar-refractivity contribution >= 4 is 17.4 Å². The van der Waals surface area contributed by atoms with Crippen LogP contribution in [0.25, 0.3) is 0 Å². The van der Waals surface area contributed by atoms with Crippen LogP contribution in [-0.2, 0) is 4.74 Å². The van der Waals surface area contributed by atoms with Crippen LogP contribution in [0.1, 0.15) is 33.2 Å². The number of Topliss-reactive ketones (excluding diaryl/α,β-unsaturated/α-hetero) is 1. The number of rotatable bonds is 5. The topological polar surface area (TPSA) is 105 Å². The Labute approximate surface area is 155 Å². The molecule has 140 valence electrons. The Morgan fingerprint density at radius 2 is 2.07 bits per heavy atom. The lowest BCUT2D eigenvalue weighted by atomic mass is 9.98. The van der Waals surface area contributed by atoms with Crippen molar-refractivity contribution in [1.29, 1.82) is 0 Å². The van der Waals surface area contributed by atoms with Crippen LogP contribution >= 0.6 is 0 Å². The minimum absolute atomic E-state index is 0.233. The van der Waals surface area contributed by atoms with Crippen molar-refractivity contribution < 1.29 is 29.3 Å². The van der Waals surface area contributed by atoms with E-state index >= 15 is 0 Å². The molecule has 27 heavy (non-hydrogen) atoms. The van der Waals surface area contributed by atoms with Gasteiger partial charge in [-0.05, 0) is 44.2 Å². The molecule has 1 aliphatic rings. The number of carboxylic acid groups (broad SMARTS) is 1. The molecule has 0 aliphatic carbocycles. The average molecular weight is 369 g/mol. The predicted molar refractivity (Wildman–Crippen MR) is 98.3 cm³/mol. The molecule has 1 atom stereocenters. The van der Waals surface area contributed by atoms with Crippen LogP contribution in [0.2, 0.25) is 0 Å². The van der Waals surface area contributed by atoms with Crippen molar-refractivity contribution in [3.8, 4) is 11.5 Å². The summed E-state index contributed by atoms with van der Waals surface area (Å²) in [6.45, 7) is 4.02. The Morgan fingerprint density at radius 3 is 2.78 bits per heavy atom. The molecule has 2 aromatic rings. The van der Waals surface area contributed by atoms with Crippen LogP contribution < -0.4 is 10.1 Å². The standard InChI is InChI=1S/C20H19NO6/c1-3-26-20-15(18(23)14-8-11(2)4-7-17(14)27-20)10-21-12-5-6-16(22)13(9-12)19(24)25/h4-10,20-22H,3H2,1-2H3,(H,24,25)/b15-10-/t20-/m0/s1. The summed E-state index contributed by atoms with van der Waals surface area (Å²) < 4.78 is 11.3. The number of aromatic carboxylic acids is 1. The maximum Gasteiger partial charge on any atom is 0.339 e. The highest BCUT2D eigenvalue weighted by Crippen LogP contribution is 2.32. The molecule has 3 N–H and O–H groups in total. The van der Waals surface area contributed by atoms with Crippen LogP contribution in [0.3, 0.4) is 0 Å². The largest absolute Gasteiger partial charge is 0.507 e. The van der Waals surface area contributed by atoms with Gasteiger partial charge in [0.25, 0.3) is 0 Å². The lowest BCUT2D eigenvalue weighted by molar-refractivity contribution is -0.0509. The zero-order valence-corrected chi connectivity index (χ0v) is 14.9. The quantitative estimate of drug-likeness (QED) is 0.548. The van der Waals surface area contributed by atoms with Crippen molar-refractivity contribution in [2.75, 3.05) is 11.9 Å². The van der Waals surface area contributed by atoms with Gasteiger partial charge >= 0.3 is 5.97 Å². The van der Waals surface area contributed by atoms with Gasteiger partial charge in [-0.25, -0.2) is 4.79 Å². The van der Waals surface area contributed by atoms with E-state index in [1.807, 2.05) is 13.0 Å². The van der Waals surface area contributed by atoms with Gasteiger partial charge in [0.2, 0.25) is 6.29 Å². The molecule has 0 bridgehead atoms. The summed E-state index contributed by atoms with van der Waals surface area (Å²) in [6, 6.07) is 9.38. The summed E-state index contributed by atoms with van der Waals surface area (Å²) in [6.07, 6.45) is 0.563. The summed E-state index contributed by atoms with van der Waals surface area (Å²) in [5.41, 5.74) is 1.79. The highest BCUT2D eigenvalue weighted by Gasteiger charge is 2.32. The van der Waals surface area contributed by atoms with Crippen LogP contribution in [0, 0.1) is 6.92 Å². The number of carboxylic acids is 1. The molecule has 0 amide bonds. The molecule has 0 fully saturated rings. The molecular formula is C20H19NO6. The first-order valence-electron chi connectivity index (χ1n) is 8.37. The maximum atomic E-state index is 12.9. The van der Waals surface area contributed by atoms with Gasteiger partial charge in [-0.15, -0.1) is 0 Å². The number of benzene rings is 2. The molecule has 7 heteroatoms. The van der Waals surface area contributed by atoms with Gasteiger partial charge in [0, 0.05) is 18.5 Å². The Hall–Kier alpha value is -3.32. The number of anilines is 1. The Bertz CT molecular complexity index is 934. The van der Waals surface area contributed by atoms with E-state index in [4.69, 9.17) is 14.6 Å². The van der Waals surface area contributed by atoms with E-state index < -0.39 is 12.3 Å². The van der Waals surface area contributed by atoms with Gasteiger partial charge in [0.05, 0.1) is 11.1 Å². The Kier molecular flexibility index (Phi) is 5.14. The third-order valence-corrected chi connectivity index (χ3v) is 4.07. The minimum Gasteiger partial charge on any atom is -0.507 e. The lowest BCUT2D eigenvalue weighted by Crippen LogP contribution is -2.33. The third-order valence-electron chi connectivity index (χ3n) is 4.07. The van der Waals surface area contributed by atoms with Gasteiger partial charge in [0.1, 0.15) is 17.1 Å². The van der Waals surface area contributed by atoms with E-state index in [1.54, 1.807) is 19.1 Å². The lowest BCUT2D eigenvalue weighted by Gasteiger charge is -2.27. The number of carbonyl (C=O) groups excluding carboxylic acids is 1. The van der Waals surface area contributed by atoms with Crippen LogP contribution in [-0.4, -0.2) is 34.9 Å². The second-order valence-electron chi connectivity index (χ2n) is 6.01. The molecule has 0 saturated heterocycles. The van der Waals surface area contributed by atoms with Crippen molar-refractivity contribution in [1.82, 2.24) is 0 Å². The molecule has 0 radical (unpaired) electrons. The number of aryl methyl sites for hydroxylation is 1. The second-order valence-corrected chi connectivity index (χ2v) is 6.01. The summed E-state index contributed by atoms with van der Waals surface area (Å²) in [5.74, 6) is -1.37. The minimum atomic E-state index is -1.25. The molecule has 0 aromatic heterocycles. The van der Waals surface area contributed by atoms with E-state index in [9.17, 15) is 14.7 Å². The number of nitrogens with one attached hydrogen (secondary N) is 1. The summed E-state index contributed by atoms with van der Waals surface area (Å²) in [4.78, 5) is 24.0. The van der Waals surface area contributed by atoms with Crippen LogP contribution in [0.15, 0.2) is 48.2 Å². The van der Waals surface area contributed by atoms with Gasteiger partial charge in [-0.2, -0.15) is 0 Å². The molecule has 1 heterocycles. The fourth-order valence-electron chi connectivity index (χ4n) is 2.73. The van der Waals surface area contributed by atoms with Crippen molar-refractivity contribution in [2.24, 2.45) is 0 Å². The highest BCUT2D eigenvalue weighted by atomic mass is 16.7. The Morgan fingerprint density at radius 1 is 1.30 bits per heavy atom. The van der Waals surface area contributed by atoms with E-state index in [1.165, 1.54) is 24.4 Å². The van der Waals surface area contributed by atoms with Gasteiger partial charge in [-0.3, -0.25) is 4.79 Å². The summed E-state index contributed by atoms with van der Waals surface area (Å²) in [7, 11) is 0. The number of ketones is 1. The molecule has 0 spiro atoms. The smallest absolute Gasteiger partial charge is 0.339 e. The maximum absolute atomic E-state index is 12.9. The van der Waals surface area contributed by atoms with Gasteiger partial charge in [0.15, 0.2) is 5.78 Å². The number of hydrogen-bond donors (Lipinski definition) is 3. The second kappa shape index (κ2) is 7.51. The summed E-state index contributed by atoms with van der Waals surface area (Å²) >= 11 is 0. The number of phenols is 1. The van der Waals surface area contributed by atoms with Gasteiger partial charge < -0.3 is 25.0 Å². The average Bonchev–Trinajstić information content (AvgIpc) is 2.63. The Balaban J connectivity index is 1.94. The predicted octanol–water partition coefficient (Wildman–Crippen LogP) is 3.33. The van der Waals surface area contributed by atoms with Crippen LogP contribution in [0.5, 0.6) is 11.5 Å². The van der Waals surface area contributed by atoms with E-state index in [2.05, 4.69) is 5.32 Å². The summed E-state index contributed by atoms with van der Waals surface area (Å²) in [5, 5.41) is 21.6. The van der Waals surface area contributed by atoms with Crippen molar-refractivity contribution in [2.45, 2.75) is 20.1 Å². The number of hydrogen-bond acceptors (Lipinski definition) is 6. The molecule has 0 saturated carbocycles. The molecular weight excluding hydrogens is 350 g/mol. The van der Waals surface area contributed by atoms with E-state index in [0.29, 0.717) is 23.6 Å². The number of fused-ring (bicyclic) bond motifs is 1. The highest BCUT2D eigenvalue weighted by molar-refractivity contribution is 6.12. The number of carbonyl (C=O) groups is 2. The number of aromatic hydroxyl groups is 1. The third kappa shape index (κ3) is 3.78. The molecule has 1 aliphatic heterocycles. The normalized spacial score (nSPS) is 17.3. The SMILES string of the molecule is CCO[C@H]1Oc2ccc(C)cc2C(=O)/C1=C/Nc1ccc(O)c(C(=O)O)c1. The van der Waals surface area contributed by atoms with Gasteiger partial charge in [-0.1, -0.05) is 11.6 Å². The van der Waals surface area contributed by atoms with E-state index in [0.717, 1.165) is 5.56 Å². The molecule has 3 rings (SSSR count). The fourth-order valence-corrected chi connectivity index (χ4v) is 2.73. The molecule has 0 unspecified atom stereocenters. The number of ether oxygens (including phenoxy) is 2. The first-order valence-corrected chi connectivity index (χ1v) is 8.37. The zero-order valence-electron chi connectivity index (χ0n) is 14.9. The van der Waals surface area contributed by atoms with Crippen molar-refractivity contribution in [3.05, 3.63) is 64.9 Å². The molecule has 2 aromatic carbocycles. The van der Waals surface area contributed by atoms with E-state index in [-0.39, 0.29) is 22.7 Å². The molecule has 7 nitrogen and oxygen atoms in total. The zero-order chi connectivity index (χ0) is 19.6. The van der Waals surface area contributed by atoms with Crippen LogP contribution in [0.4, 0.5) is 5.69 Å². The van der Waals surface area contributed by atoms with Crippen molar-refractivity contribution in [3.63, 3.8) is 0 Å².